The number of hydrogen-bond acceptors (Lipinski definition) is 8. The van der Waals surface area contributed by atoms with Gasteiger partial charge < -0.3 is 14.3 Å². The van der Waals surface area contributed by atoms with Gasteiger partial charge in [0.1, 0.15) is 17.1 Å². The SMILES string of the molecule is Cc1cccc(-c2noc(-c3sc4ncn(CC(=O)NCc5ccco5)c(=O)c4c3C)n2)c1. The van der Waals surface area contributed by atoms with Crippen molar-refractivity contribution in [2.24, 2.45) is 0 Å². The van der Waals surface area contributed by atoms with E-state index in [9.17, 15) is 9.59 Å². The first kappa shape index (κ1) is 20.8. The molecule has 10 heteroatoms. The molecule has 0 bridgehead atoms. The lowest BCUT2D eigenvalue weighted by Gasteiger charge is -2.06. The Bertz CT molecular complexity index is 1510. The van der Waals surface area contributed by atoms with Crippen LogP contribution in [0.15, 0.2) is 62.7 Å². The van der Waals surface area contributed by atoms with Crippen molar-refractivity contribution < 1.29 is 13.7 Å². The molecule has 0 unspecified atom stereocenters. The quantitative estimate of drug-likeness (QED) is 0.410. The minimum absolute atomic E-state index is 0.148. The summed E-state index contributed by atoms with van der Waals surface area (Å²) in [4.78, 5) is 35.5. The molecule has 1 N–H and O–H groups in total. The predicted octanol–water partition coefficient (Wildman–Crippen LogP) is 3.70. The van der Waals surface area contributed by atoms with Crippen LogP contribution in [0, 0.1) is 13.8 Å². The summed E-state index contributed by atoms with van der Waals surface area (Å²) in [7, 11) is 0. The molecule has 1 amide bonds. The number of fused-ring (bicyclic) bond motifs is 1. The number of nitrogens with one attached hydrogen (secondary N) is 1. The second-order valence-corrected chi connectivity index (χ2v) is 8.56. The van der Waals surface area contributed by atoms with Gasteiger partial charge in [-0.15, -0.1) is 11.3 Å². The number of rotatable bonds is 6. The minimum Gasteiger partial charge on any atom is -0.467 e. The fourth-order valence-corrected chi connectivity index (χ4v) is 4.56. The molecular weight excluding hydrogens is 442 g/mol. The van der Waals surface area contributed by atoms with Gasteiger partial charge in [-0.1, -0.05) is 28.9 Å². The van der Waals surface area contributed by atoms with Gasteiger partial charge in [-0.2, -0.15) is 4.98 Å². The Morgan fingerprint density at radius 3 is 2.88 bits per heavy atom. The van der Waals surface area contributed by atoms with Crippen molar-refractivity contribution in [2.75, 3.05) is 0 Å². The van der Waals surface area contributed by atoms with E-state index in [0.717, 1.165) is 11.1 Å². The zero-order valence-electron chi connectivity index (χ0n) is 17.9. The van der Waals surface area contributed by atoms with Crippen LogP contribution in [0.4, 0.5) is 0 Å². The van der Waals surface area contributed by atoms with Crippen molar-refractivity contribution in [3.63, 3.8) is 0 Å². The summed E-state index contributed by atoms with van der Waals surface area (Å²) in [5.74, 6) is 1.12. The number of amides is 1. The number of furan rings is 1. The molecule has 0 atom stereocenters. The summed E-state index contributed by atoms with van der Waals surface area (Å²) in [6.45, 7) is 3.91. The third kappa shape index (κ3) is 4.08. The van der Waals surface area contributed by atoms with Crippen molar-refractivity contribution in [1.82, 2.24) is 25.0 Å². The van der Waals surface area contributed by atoms with E-state index in [0.29, 0.717) is 38.1 Å². The normalized spacial score (nSPS) is 11.2. The van der Waals surface area contributed by atoms with Crippen molar-refractivity contribution in [2.45, 2.75) is 26.9 Å². The first-order valence-corrected chi connectivity index (χ1v) is 11.0. The highest BCUT2D eigenvalue weighted by Gasteiger charge is 2.21. The molecule has 0 aliphatic heterocycles. The molecule has 4 aromatic heterocycles. The number of nitrogens with zero attached hydrogens (tertiary/aromatic N) is 4. The van der Waals surface area contributed by atoms with E-state index >= 15 is 0 Å². The standard InChI is InChI=1S/C23H19N5O4S/c1-13-5-3-6-15(9-13)20-26-21(32-27-20)19-14(2)18-22(33-19)25-12-28(23(18)30)11-17(29)24-10-16-7-4-8-31-16/h3-9,12H,10-11H2,1-2H3,(H,24,29). The maximum Gasteiger partial charge on any atom is 0.268 e. The van der Waals surface area contributed by atoms with Crippen molar-refractivity contribution in [1.29, 1.82) is 0 Å². The molecule has 0 saturated heterocycles. The molecule has 4 heterocycles. The molecule has 1 aromatic carbocycles. The number of carbonyl (C=O) groups is 1. The zero-order valence-corrected chi connectivity index (χ0v) is 18.7. The topological polar surface area (TPSA) is 116 Å². The van der Waals surface area contributed by atoms with Crippen LogP contribution in [-0.4, -0.2) is 25.6 Å². The molecule has 5 rings (SSSR count). The average molecular weight is 462 g/mol. The van der Waals surface area contributed by atoms with Gasteiger partial charge in [0, 0.05) is 5.56 Å². The monoisotopic (exact) mass is 461 g/mol. The van der Waals surface area contributed by atoms with Crippen LogP contribution in [0.5, 0.6) is 0 Å². The lowest BCUT2D eigenvalue weighted by atomic mass is 10.1. The zero-order chi connectivity index (χ0) is 22.9. The highest BCUT2D eigenvalue weighted by atomic mass is 32.1. The Labute approximate surface area is 191 Å². The van der Waals surface area contributed by atoms with Crippen LogP contribution in [-0.2, 0) is 17.9 Å². The fraction of sp³-hybridized carbons (Fsp3) is 0.174. The summed E-state index contributed by atoms with van der Waals surface area (Å²) in [5.41, 5.74) is 2.34. The van der Waals surface area contributed by atoms with Crippen LogP contribution < -0.4 is 10.9 Å². The Balaban J connectivity index is 1.42. The minimum atomic E-state index is -0.317. The second-order valence-electron chi connectivity index (χ2n) is 7.56. The molecule has 0 fully saturated rings. The number of aromatic nitrogens is 4. The van der Waals surface area contributed by atoms with Crippen LogP contribution in [0.2, 0.25) is 0 Å². The predicted molar refractivity (Wildman–Crippen MR) is 123 cm³/mol. The second kappa shape index (κ2) is 8.47. The third-order valence-electron chi connectivity index (χ3n) is 5.17. The van der Waals surface area contributed by atoms with Gasteiger partial charge in [0.2, 0.25) is 11.7 Å². The number of benzene rings is 1. The van der Waals surface area contributed by atoms with Gasteiger partial charge >= 0.3 is 0 Å². The molecule has 5 aromatic rings. The van der Waals surface area contributed by atoms with Crippen LogP contribution >= 0.6 is 11.3 Å². The molecule has 0 radical (unpaired) electrons. The van der Waals surface area contributed by atoms with E-state index in [1.165, 1.54) is 28.5 Å². The summed E-state index contributed by atoms with van der Waals surface area (Å²) in [6.07, 6.45) is 2.91. The number of hydrogen-bond donors (Lipinski definition) is 1. The van der Waals surface area contributed by atoms with Gasteiger partial charge in [-0.05, 0) is 37.6 Å². The summed E-state index contributed by atoms with van der Waals surface area (Å²) >= 11 is 1.31. The highest BCUT2D eigenvalue weighted by Crippen LogP contribution is 2.35. The smallest absolute Gasteiger partial charge is 0.268 e. The largest absolute Gasteiger partial charge is 0.467 e. The average Bonchev–Trinajstić information content (AvgIpc) is 3.55. The molecule has 9 nitrogen and oxygen atoms in total. The Morgan fingerprint density at radius 2 is 2.09 bits per heavy atom. The molecular formula is C23H19N5O4S. The van der Waals surface area contributed by atoms with Crippen molar-refractivity contribution in [3.05, 3.63) is 76.2 Å². The van der Waals surface area contributed by atoms with Gasteiger partial charge in [-0.25, -0.2) is 4.98 Å². The van der Waals surface area contributed by atoms with Crippen LogP contribution in [0.1, 0.15) is 16.9 Å². The third-order valence-corrected chi connectivity index (χ3v) is 6.36. The highest BCUT2D eigenvalue weighted by molar-refractivity contribution is 7.22. The van der Waals surface area contributed by atoms with E-state index < -0.39 is 0 Å². The summed E-state index contributed by atoms with van der Waals surface area (Å²) < 4.78 is 12.0. The molecule has 33 heavy (non-hydrogen) atoms. The van der Waals surface area contributed by atoms with Crippen LogP contribution in [0.25, 0.3) is 32.4 Å². The van der Waals surface area contributed by atoms with Gasteiger partial charge in [-0.3, -0.25) is 14.2 Å². The Morgan fingerprint density at radius 1 is 1.21 bits per heavy atom. The van der Waals surface area contributed by atoms with Crippen LogP contribution in [0.3, 0.4) is 0 Å². The van der Waals surface area contributed by atoms with Gasteiger partial charge in [0.05, 0.1) is 29.4 Å². The van der Waals surface area contributed by atoms with Crippen molar-refractivity contribution in [3.8, 4) is 22.2 Å². The maximum atomic E-state index is 13.1. The van der Waals surface area contributed by atoms with Crippen molar-refractivity contribution >= 4 is 27.5 Å². The van der Waals surface area contributed by atoms with Gasteiger partial charge in [0.15, 0.2) is 0 Å². The Kier molecular flexibility index (Phi) is 5.35. The van der Waals surface area contributed by atoms with E-state index in [4.69, 9.17) is 8.94 Å². The maximum absolute atomic E-state index is 13.1. The van der Waals surface area contributed by atoms with E-state index in [-0.39, 0.29) is 24.6 Å². The summed E-state index contributed by atoms with van der Waals surface area (Å²) in [6, 6.07) is 11.3. The van der Waals surface area contributed by atoms with E-state index in [1.54, 1.807) is 12.1 Å². The van der Waals surface area contributed by atoms with E-state index in [1.807, 2.05) is 38.1 Å². The molecule has 0 saturated carbocycles. The van der Waals surface area contributed by atoms with Gasteiger partial charge in [0.25, 0.3) is 11.4 Å². The first-order chi connectivity index (χ1) is 16.0. The van der Waals surface area contributed by atoms with E-state index in [2.05, 4.69) is 20.4 Å². The fourth-order valence-electron chi connectivity index (χ4n) is 3.50. The number of aryl methyl sites for hydroxylation is 2. The molecule has 0 spiro atoms. The summed E-state index contributed by atoms with van der Waals surface area (Å²) in [5, 5.41) is 7.25. The lowest BCUT2D eigenvalue weighted by Crippen LogP contribution is -2.32. The lowest BCUT2D eigenvalue weighted by molar-refractivity contribution is -0.122. The molecule has 0 aliphatic carbocycles. The Hall–Kier alpha value is -4.05. The number of carbonyl (C=O) groups excluding carboxylic acids is 1. The first-order valence-electron chi connectivity index (χ1n) is 10.2. The number of thiophene rings is 1. The molecule has 0 aliphatic rings. The molecule has 166 valence electrons.